The van der Waals surface area contributed by atoms with Crippen molar-refractivity contribution in [3.8, 4) is 0 Å². The molecule has 1 aromatic carbocycles. The van der Waals surface area contributed by atoms with Gasteiger partial charge in [0, 0.05) is 12.1 Å². The van der Waals surface area contributed by atoms with Crippen LogP contribution in [0.5, 0.6) is 0 Å². The number of hydrogen-bond donors (Lipinski definition) is 1. The average Bonchev–Trinajstić information content (AvgIpc) is 2.52. The maximum Gasteiger partial charge on any atom is 0.223 e. The molecule has 0 aliphatic heterocycles. The Bertz CT molecular complexity index is 654. The highest BCUT2D eigenvalue weighted by Gasteiger charge is 2.24. The second-order valence-electron chi connectivity index (χ2n) is 5.52. The van der Waals surface area contributed by atoms with Crippen molar-refractivity contribution in [1.29, 1.82) is 0 Å². The fraction of sp³-hybridized carbons (Fsp3) is 0.353. The molecule has 1 unspecified atom stereocenters. The summed E-state index contributed by atoms with van der Waals surface area (Å²) in [5.74, 6) is 0.928. The van der Waals surface area contributed by atoms with Crippen LogP contribution in [0, 0.1) is 12.8 Å². The number of amides is 1. The summed E-state index contributed by atoms with van der Waals surface area (Å²) in [4.78, 5) is 20.7. The summed E-state index contributed by atoms with van der Waals surface area (Å²) in [5, 5.41) is 3.00. The number of aryl methyl sites for hydroxylation is 2. The maximum atomic E-state index is 12.3. The van der Waals surface area contributed by atoms with E-state index in [-0.39, 0.29) is 11.8 Å². The molecule has 4 heteroatoms. The number of hydrogen-bond acceptors (Lipinski definition) is 3. The topological polar surface area (TPSA) is 54.9 Å². The van der Waals surface area contributed by atoms with Crippen molar-refractivity contribution < 1.29 is 4.79 Å². The van der Waals surface area contributed by atoms with Gasteiger partial charge in [-0.15, -0.1) is 0 Å². The van der Waals surface area contributed by atoms with Gasteiger partial charge in [-0.1, -0.05) is 24.3 Å². The highest BCUT2D eigenvalue weighted by Crippen LogP contribution is 2.25. The van der Waals surface area contributed by atoms with Gasteiger partial charge in [-0.3, -0.25) is 4.79 Å². The molecule has 3 rings (SSSR count). The minimum Gasteiger partial charge on any atom is -0.350 e. The van der Waals surface area contributed by atoms with Crippen molar-refractivity contribution in [3.63, 3.8) is 0 Å². The number of benzene rings is 1. The highest BCUT2D eigenvalue weighted by atomic mass is 16.1. The average molecular weight is 281 g/mol. The Morgan fingerprint density at radius 2 is 2.10 bits per heavy atom. The van der Waals surface area contributed by atoms with E-state index in [1.807, 2.05) is 19.1 Å². The smallest absolute Gasteiger partial charge is 0.223 e. The van der Waals surface area contributed by atoms with Gasteiger partial charge >= 0.3 is 0 Å². The molecule has 0 bridgehead atoms. The summed E-state index contributed by atoms with van der Waals surface area (Å²) in [6.07, 6.45) is 4.47. The van der Waals surface area contributed by atoms with E-state index >= 15 is 0 Å². The largest absolute Gasteiger partial charge is 0.350 e. The van der Waals surface area contributed by atoms with E-state index < -0.39 is 0 Å². The Labute approximate surface area is 124 Å². The van der Waals surface area contributed by atoms with Crippen LogP contribution in [0.25, 0.3) is 0 Å². The van der Waals surface area contributed by atoms with E-state index in [4.69, 9.17) is 0 Å². The number of fused-ring (bicyclic) bond motifs is 1. The molecule has 1 atom stereocenters. The molecular weight excluding hydrogens is 262 g/mol. The molecule has 21 heavy (non-hydrogen) atoms. The Morgan fingerprint density at radius 1 is 1.29 bits per heavy atom. The van der Waals surface area contributed by atoms with Gasteiger partial charge in [0.05, 0.1) is 12.2 Å². The van der Waals surface area contributed by atoms with Gasteiger partial charge in [0.25, 0.3) is 0 Å². The zero-order valence-corrected chi connectivity index (χ0v) is 12.2. The number of carbonyl (C=O) groups excluding carboxylic acids is 1. The third-order valence-corrected chi connectivity index (χ3v) is 4.00. The minimum atomic E-state index is 0.0721. The zero-order chi connectivity index (χ0) is 14.7. The van der Waals surface area contributed by atoms with Crippen molar-refractivity contribution in [2.75, 3.05) is 0 Å². The van der Waals surface area contributed by atoms with Crippen LogP contribution < -0.4 is 5.32 Å². The summed E-state index contributed by atoms with van der Waals surface area (Å²) in [5.41, 5.74) is 3.54. The van der Waals surface area contributed by atoms with Gasteiger partial charge in [0.1, 0.15) is 5.82 Å². The summed E-state index contributed by atoms with van der Waals surface area (Å²) >= 11 is 0. The Hall–Kier alpha value is -2.23. The number of rotatable bonds is 3. The molecule has 0 radical (unpaired) electrons. The Kier molecular flexibility index (Phi) is 3.95. The predicted octanol–water partition coefficient (Wildman–Crippen LogP) is 2.21. The Morgan fingerprint density at radius 3 is 2.90 bits per heavy atom. The number of nitrogens with zero attached hydrogens (tertiary/aromatic N) is 2. The van der Waals surface area contributed by atoms with Gasteiger partial charge in [-0.05, 0) is 43.4 Å². The van der Waals surface area contributed by atoms with Crippen molar-refractivity contribution in [3.05, 3.63) is 59.2 Å². The molecule has 108 valence electrons. The van der Waals surface area contributed by atoms with E-state index in [2.05, 4.69) is 33.5 Å². The van der Waals surface area contributed by atoms with Crippen LogP contribution in [0.15, 0.2) is 36.5 Å². The van der Waals surface area contributed by atoms with Crippen molar-refractivity contribution in [2.45, 2.75) is 32.7 Å². The summed E-state index contributed by atoms with van der Waals surface area (Å²) < 4.78 is 0. The molecule has 0 fully saturated rings. The standard InChI is InChI=1S/C17H19N3O/c1-12-18-9-8-16(20-12)11-19-17(21)15-7-6-13-4-2-3-5-14(13)10-15/h2-5,8-9,15H,6-7,10-11H2,1H3,(H,19,21). The lowest BCUT2D eigenvalue weighted by Crippen LogP contribution is -2.33. The van der Waals surface area contributed by atoms with Gasteiger partial charge in [0.2, 0.25) is 5.91 Å². The van der Waals surface area contributed by atoms with Crippen LogP contribution in [0.2, 0.25) is 0 Å². The first-order valence-corrected chi connectivity index (χ1v) is 7.35. The molecular formula is C17H19N3O. The molecule has 1 aliphatic carbocycles. The third-order valence-electron chi connectivity index (χ3n) is 4.00. The van der Waals surface area contributed by atoms with Gasteiger partial charge in [-0.25, -0.2) is 9.97 Å². The number of carbonyl (C=O) groups is 1. The SMILES string of the molecule is Cc1nccc(CNC(=O)C2CCc3ccccc3C2)n1. The second-order valence-corrected chi connectivity index (χ2v) is 5.52. The van der Waals surface area contributed by atoms with E-state index in [9.17, 15) is 4.79 Å². The lowest BCUT2D eigenvalue weighted by atomic mass is 9.83. The van der Waals surface area contributed by atoms with Crippen molar-refractivity contribution in [2.24, 2.45) is 5.92 Å². The predicted molar refractivity (Wildman–Crippen MR) is 80.6 cm³/mol. The normalized spacial score (nSPS) is 17.1. The third kappa shape index (κ3) is 3.27. The molecule has 1 aromatic heterocycles. The van der Waals surface area contributed by atoms with E-state index in [0.29, 0.717) is 6.54 Å². The van der Waals surface area contributed by atoms with Gasteiger partial charge < -0.3 is 5.32 Å². The molecule has 1 aliphatic rings. The zero-order valence-electron chi connectivity index (χ0n) is 12.2. The summed E-state index contributed by atoms with van der Waals surface area (Å²) in [7, 11) is 0. The minimum absolute atomic E-state index is 0.0721. The molecule has 4 nitrogen and oxygen atoms in total. The van der Waals surface area contributed by atoms with E-state index in [0.717, 1.165) is 30.8 Å². The molecule has 0 spiro atoms. The van der Waals surface area contributed by atoms with Crippen LogP contribution in [-0.4, -0.2) is 15.9 Å². The number of aromatic nitrogens is 2. The first kappa shape index (κ1) is 13.7. The monoisotopic (exact) mass is 281 g/mol. The summed E-state index contributed by atoms with van der Waals surface area (Å²) in [6.45, 7) is 2.32. The molecule has 2 aromatic rings. The van der Waals surface area contributed by atoms with Crippen LogP contribution >= 0.6 is 0 Å². The van der Waals surface area contributed by atoms with E-state index in [1.54, 1.807) is 6.20 Å². The first-order valence-electron chi connectivity index (χ1n) is 7.35. The fourth-order valence-corrected chi connectivity index (χ4v) is 2.85. The molecule has 1 heterocycles. The van der Waals surface area contributed by atoms with Crippen molar-refractivity contribution >= 4 is 5.91 Å². The van der Waals surface area contributed by atoms with Crippen LogP contribution in [0.4, 0.5) is 0 Å². The van der Waals surface area contributed by atoms with E-state index in [1.165, 1.54) is 11.1 Å². The van der Waals surface area contributed by atoms with Crippen LogP contribution in [-0.2, 0) is 24.2 Å². The number of nitrogens with one attached hydrogen (secondary N) is 1. The lowest BCUT2D eigenvalue weighted by Gasteiger charge is -2.23. The Balaban J connectivity index is 1.59. The van der Waals surface area contributed by atoms with Crippen molar-refractivity contribution in [1.82, 2.24) is 15.3 Å². The molecule has 1 N–H and O–H groups in total. The van der Waals surface area contributed by atoms with Gasteiger partial charge in [-0.2, -0.15) is 0 Å². The van der Waals surface area contributed by atoms with Gasteiger partial charge in [0.15, 0.2) is 0 Å². The highest BCUT2D eigenvalue weighted by molar-refractivity contribution is 5.79. The quantitative estimate of drug-likeness (QED) is 0.938. The first-order chi connectivity index (χ1) is 10.2. The second kappa shape index (κ2) is 6.04. The maximum absolute atomic E-state index is 12.3. The van der Waals surface area contributed by atoms with Crippen LogP contribution in [0.1, 0.15) is 29.1 Å². The molecule has 0 saturated heterocycles. The lowest BCUT2D eigenvalue weighted by molar-refractivity contribution is -0.125. The summed E-state index contributed by atoms with van der Waals surface area (Å²) in [6, 6.07) is 10.2. The molecule has 0 saturated carbocycles. The van der Waals surface area contributed by atoms with Crippen LogP contribution in [0.3, 0.4) is 0 Å². The fourth-order valence-electron chi connectivity index (χ4n) is 2.85. The molecule has 1 amide bonds.